The van der Waals surface area contributed by atoms with Crippen molar-refractivity contribution in [3.05, 3.63) is 41.5 Å². The molecule has 1 atom stereocenters. The summed E-state index contributed by atoms with van der Waals surface area (Å²) in [5.74, 6) is 0.227. The fraction of sp³-hybridized carbons (Fsp3) is 0.500. The maximum Gasteiger partial charge on any atom is -0.147 e. The molecular formula is C16H27Cl2SiZr. The van der Waals surface area contributed by atoms with Crippen LogP contribution >= 0.6 is 24.8 Å². The van der Waals surface area contributed by atoms with Gasteiger partial charge in [0.1, 0.15) is 0 Å². The Morgan fingerprint density at radius 3 is 2.05 bits per heavy atom. The van der Waals surface area contributed by atoms with Crippen LogP contribution < -0.4 is 0 Å². The molecule has 2 rings (SSSR count). The van der Waals surface area contributed by atoms with E-state index in [2.05, 4.69) is 59.0 Å². The van der Waals surface area contributed by atoms with Gasteiger partial charge in [0, 0.05) is 0 Å². The Kier molecular flexibility index (Phi) is 8.59. The van der Waals surface area contributed by atoms with Crippen molar-refractivity contribution in [2.75, 3.05) is 0 Å². The zero-order chi connectivity index (χ0) is 13.4. The second-order valence-corrected chi connectivity index (χ2v) is 25.1. The summed E-state index contributed by atoms with van der Waals surface area (Å²) in [5.41, 5.74) is 4.90. The van der Waals surface area contributed by atoms with Gasteiger partial charge in [-0.3, -0.25) is 0 Å². The van der Waals surface area contributed by atoms with Crippen LogP contribution in [-0.2, 0) is 20.9 Å². The fourth-order valence-corrected chi connectivity index (χ4v) is 24.2. The third-order valence-electron chi connectivity index (χ3n) is 4.63. The second kappa shape index (κ2) is 8.32. The van der Waals surface area contributed by atoms with Gasteiger partial charge in [-0.15, -0.1) is 24.8 Å². The van der Waals surface area contributed by atoms with Gasteiger partial charge in [-0.2, -0.15) is 0 Å². The van der Waals surface area contributed by atoms with Gasteiger partial charge in [0.15, 0.2) is 0 Å². The summed E-state index contributed by atoms with van der Waals surface area (Å²) in [4.78, 5) is 0. The molecule has 20 heavy (non-hydrogen) atoms. The van der Waals surface area contributed by atoms with Gasteiger partial charge >= 0.3 is 121 Å². The zero-order valence-corrected chi connectivity index (χ0v) is 18.7. The standard InChI is InChI=1S/C9H13.C5H5.C2H7Si.2ClH.Zr/c1-6-5-7(2)9(4)8(6)3;1-2-4-5-3-1;1-3-2;;;/h6H,1-4H3;1-3H,4H2;3H,1-2H3;2*1H;. The third-order valence-corrected chi connectivity index (χ3v) is 24.4. The first kappa shape index (κ1) is 20.6. The molecule has 0 radical (unpaired) electrons. The normalized spacial score (nSPS) is 21.1. The Bertz CT molecular complexity index is 487. The minimum atomic E-state index is -1.49. The molecule has 0 aliphatic heterocycles. The van der Waals surface area contributed by atoms with E-state index in [0.717, 1.165) is 5.92 Å². The molecule has 1 unspecified atom stereocenters. The van der Waals surface area contributed by atoms with Gasteiger partial charge in [0.05, 0.1) is 0 Å². The van der Waals surface area contributed by atoms with Crippen molar-refractivity contribution < 1.29 is 20.9 Å². The van der Waals surface area contributed by atoms with Crippen molar-refractivity contribution >= 4 is 30.7 Å². The van der Waals surface area contributed by atoms with Crippen LogP contribution in [0.4, 0.5) is 0 Å². The van der Waals surface area contributed by atoms with E-state index in [-0.39, 0.29) is 24.8 Å². The maximum absolute atomic E-state index is 2.59. The van der Waals surface area contributed by atoms with Crippen molar-refractivity contribution in [1.82, 2.24) is 0 Å². The number of allylic oxidation sites excluding steroid dienone is 8. The van der Waals surface area contributed by atoms with Crippen LogP contribution in [-0.4, -0.2) is 5.92 Å². The molecule has 2 aliphatic rings. The average Bonchev–Trinajstić information content (AvgIpc) is 2.89. The van der Waals surface area contributed by atoms with Gasteiger partial charge in [0.25, 0.3) is 0 Å². The molecular weight excluding hydrogens is 382 g/mol. The molecule has 0 aromatic carbocycles. The quantitative estimate of drug-likeness (QED) is 0.537. The van der Waals surface area contributed by atoms with E-state index in [0.29, 0.717) is 0 Å². The van der Waals surface area contributed by atoms with E-state index in [1.807, 2.05) is 6.56 Å². The van der Waals surface area contributed by atoms with Crippen LogP contribution in [0.25, 0.3) is 0 Å². The topological polar surface area (TPSA) is 0 Å². The summed E-state index contributed by atoms with van der Waals surface area (Å²) in [6, 6.07) is 0. The Hall–Kier alpha value is 0.640. The molecule has 0 N–H and O–H groups in total. The number of hydrogen-bond acceptors (Lipinski definition) is 0. The van der Waals surface area contributed by atoms with Crippen molar-refractivity contribution in [3.63, 3.8) is 0 Å². The molecule has 113 valence electrons. The summed E-state index contributed by atoms with van der Waals surface area (Å²) in [6.07, 6.45) is 8.37. The Balaban J connectivity index is 0.00000180. The zero-order valence-electron chi connectivity index (χ0n) is 13.4. The first-order chi connectivity index (χ1) is 8.45. The van der Waals surface area contributed by atoms with Crippen LogP contribution in [0.2, 0.25) is 13.1 Å². The summed E-state index contributed by atoms with van der Waals surface area (Å²) >= 11 is -1.49. The van der Waals surface area contributed by atoms with Crippen molar-refractivity contribution in [2.45, 2.75) is 47.2 Å². The predicted octanol–water partition coefficient (Wildman–Crippen LogP) is 5.54. The molecule has 0 aromatic heterocycles. The van der Waals surface area contributed by atoms with Crippen molar-refractivity contribution in [2.24, 2.45) is 5.92 Å². The van der Waals surface area contributed by atoms with Crippen LogP contribution in [0, 0.1) is 5.92 Å². The van der Waals surface area contributed by atoms with E-state index in [4.69, 9.17) is 0 Å². The second-order valence-electron chi connectivity index (χ2n) is 5.96. The van der Waals surface area contributed by atoms with Gasteiger partial charge in [-0.05, 0) is 0 Å². The summed E-state index contributed by atoms with van der Waals surface area (Å²) < 4.78 is 3.80. The van der Waals surface area contributed by atoms with Crippen molar-refractivity contribution in [3.8, 4) is 0 Å². The molecule has 0 fully saturated rings. The molecule has 0 nitrogen and oxygen atoms in total. The molecule has 4 heteroatoms. The maximum atomic E-state index is 2.59. The summed E-state index contributed by atoms with van der Waals surface area (Å²) in [6.45, 7) is 14.7. The summed E-state index contributed by atoms with van der Waals surface area (Å²) in [7, 11) is 0. The first-order valence-corrected chi connectivity index (χ1v) is 16.7. The molecule has 0 bridgehead atoms. The minimum Gasteiger partial charge on any atom is -0.147 e. The van der Waals surface area contributed by atoms with Gasteiger partial charge in [-0.1, -0.05) is 0 Å². The molecule has 0 aromatic rings. The van der Waals surface area contributed by atoms with Gasteiger partial charge < -0.3 is 0 Å². The van der Waals surface area contributed by atoms with E-state index in [1.165, 1.54) is 6.42 Å². The van der Waals surface area contributed by atoms with Crippen molar-refractivity contribution in [1.29, 1.82) is 0 Å². The largest absolute Gasteiger partial charge is 0.147 e. The SMILES string of the molecule is CC1=C(C)C(C)[C]([Zr]([C]2=CC=CC2)[SiH](C)C)=C1C.Cl.Cl. The number of halogens is 2. The fourth-order valence-electron chi connectivity index (χ4n) is 3.30. The van der Waals surface area contributed by atoms with Crippen LogP contribution in [0.5, 0.6) is 0 Å². The third kappa shape index (κ3) is 3.69. The molecule has 0 saturated carbocycles. The Morgan fingerprint density at radius 1 is 1.10 bits per heavy atom. The number of hydrogen-bond donors (Lipinski definition) is 0. The Morgan fingerprint density at radius 2 is 1.70 bits per heavy atom. The van der Waals surface area contributed by atoms with E-state index >= 15 is 0 Å². The molecule has 0 amide bonds. The smallest absolute Gasteiger partial charge is 0.147 e. The van der Waals surface area contributed by atoms with Crippen LogP contribution in [0.1, 0.15) is 34.1 Å². The van der Waals surface area contributed by atoms with E-state index in [1.54, 1.807) is 16.7 Å². The molecule has 0 saturated heterocycles. The van der Waals surface area contributed by atoms with E-state index < -0.39 is 26.8 Å². The average molecular weight is 410 g/mol. The number of rotatable bonds is 3. The monoisotopic (exact) mass is 407 g/mol. The van der Waals surface area contributed by atoms with Gasteiger partial charge in [0.2, 0.25) is 0 Å². The van der Waals surface area contributed by atoms with Crippen LogP contribution in [0.3, 0.4) is 0 Å². The van der Waals surface area contributed by atoms with Crippen LogP contribution in [0.15, 0.2) is 41.5 Å². The van der Waals surface area contributed by atoms with Gasteiger partial charge in [-0.25, -0.2) is 0 Å². The summed E-state index contributed by atoms with van der Waals surface area (Å²) in [5, 5.41) is 0. The van der Waals surface area contributed by atoms with E-state index in [9.17, 15) is 0 Å². The molecule has 0 spiro atoms. The molecule has 2 aliphatic carbocycles. The Labute approximate surface area is 145 Å². The minimum absolute atomic E-state index is 0. The molecule has 0 heterocycles. The predicted molar refractivity (Wildman–Crippen MR) is 95.5 cm³/mol. The first-order valence-electron chi connectivity index (χ1n) is 7.07.